The van der Waals surface area contributed by atoms with Gasteiger partial charge in [0.2, 0.25) is 6.10 Å². The van der Waals surface area contributed by atoms with E-state index in [1.165, 1.54) is 0 Å². The van der Waals surface area contributed by atoms with Gasteiger partial charge in [0.05, 0.1) is 0 Å². The van der Waals surface area contributed by atoms with Crippen LogP contribution in [0.15, 0.2) is 48.5 Å². The molecule has 0 saturated carbocycles. The molecule has 0 radical (unpaired) electrons. The van der Waals surface area contributed by atoms with Gasteiger partial charge in [-0.3, -0.25) is 0 Å². The molecule has 0 heterocycles. The number of aliphatic carboxylic acids is 1. The molecule has 0 spiro atoms. The van der Waals surface area contributed by atoms with Crippen molar-refractivity contribution in [1.29, 1.82) is 0 Å². The zero-order valence-electron chi connectivity index (χ0n) is 10.3. The molecule has 0 amide bonds. The Morgan fingerprint density at radius 3 is 2.47 bits per heavy atom. The molecule has 19 heavy (non-hydrogen) atoms. The normalized spacial score (nSPS) is 11.9. The maximum atomic E-state index is 11.3. The number of aryl methyl sites for hydroxylation is 1. The molecule has 0 bridgehead atoms. The summed E-state index contributed by atoms with van der Waals surface area (Å²) >= 11 is 5.86. The Balaban J connectivity index is 2.29. The molecule has 0 fully saturated rings. The van der Waals surface area contributed by atoms with Crippen LogP contribution in [0, 0.1) is 6.92 Å². The highest BCUT2D eigenvalue weighted by atomic mass is 35.5. The van der Waals surface area contributed by atoms with Crippen LogP contribution in [-0.4, -0.2) is 11.1 Å². The summed E-state index contributed by atoms with van der Waals surface area (Å²) in [6.45, 7) is 1.82. The molecule has 0 unspecified atom stereocenters. The first-order chi connectivity index (χ1) is 9.08. The highest BCUT2D eigenvalue weighted by Gasteiger charge is 2.22. The number of ether oxygens (including phenoxy) is 1. The van der Waals surface area contributed by atoms with E-state index in [-0.39, 0.29) is 0 Å². The third kappa shape index (κ3) is 3.26. The van der Waals surface area contributed by atoms with E-state index in [0.717, 1.165) is 5.56 Å². The van der Waals surface area contributed by atoms with Gasteiger partial charge in [-0.25, -0.2) is 4.79 Å². The number of halogens is 1. The Morgan fingerprint density at radius 2 is 1.89 bits per heavy atom. The number of hydrogen-bond acceptors (Lipinski definition) is 2. The van der Waals surface area contributed by atoms with Crippen molar-refractivity contribution in [2.75, 3.05) is 0 Å². The second-order valence-electron chi connectivity index (χ2n) is 4.16. The van der Waals surface area contributed by atoms with Crippen molar-refractivity contribution in [3.8, 4) is 5.75 Å². The monoisotopic (exact) mass is 276 g/mol. The van der Waals surface area contributed by atoms with Crippen LogP contribution in [0.3, 0.4) is 0 Å². The minimum atomic E-state index is -1.03. The van der Waals surface area contributed by atoms with E-state index in [0.29, 0.717) is 16.3 Å². The largest absolute Gasteiger partial charge is 0.478 e. The Labute approximate surface area is 116 Å². The van der Waals surface area contributed by atoms with E-state index >= 15 is 0 Å². The number of rotatable bonds is 4. The number of hydrogen-bond donors (Lipinski definition) is 1. The molecule has 0 saturated heterocycles. The summed E-state index contributed by atoms with van der Waals surface area (Å²) in [7, 11) is 0. The van der Waals surface area contributed by atoms with Crippen LogP contribution in [0.2, 0.25) is 5.02 Å². The molecule has 0 aliphatic carbocycles. The average Bonchev–Trinajstić information content (AvgIpc) is 2.38. The molecular formula is C15H13ClO3. The summed E-state index contributed by atoms with van der Waals surface area (Å²) in [5.41, 5.74) is 1.40. The van der Waals surface area contributed by atoms with Gasteiger partial charge >= 0.3 is 5.97 Å². The van der Waals surface area contributed by atoms with E-state index in [1.54, 1.807) is 42.5 Å². The molecule has 0 aliphatic heterocycles. The third-order valence-corrected chi connectivity index (χ3v) is 2.94. The van der Waals surface area contributed by atoms with Crippen LogP contribution in [0.1, 0.15) is 17.2 Å². The molecule has 2 aromatic rings. The lowest BCUT2D eigenvalue weighted by Crippen LogP contribution is -2.18. The van der Waals surface area contributed by atoms with E-state index in [4.69, 9.17) is 16.3 Å². The second kappa shape index (κ2) is 5.76. The van der Waals surface area contributed by atoms with Crippen molar-refractivity contribution in [3.05, 3.63) is 64.7 Å². The molecule has 2 aromatic carbocycles. The summed E-state index contributed by atoms with van der Waals surface area (Å²) in [6.07, 6.45) is -1.03. The summed E-state index contributed by atoms with van der Waals surface area (Å²) in [5.74, 6) is -0.513. The fraction of sp³-hybridized carbons (Fsp3) is 0.133. The fourth-order valence-electron chi connectivity index (χ4n) is 1.76. The van der Waals surface area contributed by atoms with Gasteiger partial charge in [0.1, 0.15) is 5.75 Å². The van der Waals surface area contributed by atoms with Crippen molar-refractivity contribution in [1.82, 2.24) is 0 Å². The van der Waals surface area contributed by atoms with Crippen molar-refractivity contribution in [2.24, 2.45) is 0 Å². The minimum absolute atomic E-state index is 0.514. The van der Waals surface area contributed by atoms with Crippen molar-refractivity contribution in [3.63, 3.8) is 0 Å². The summed E-state index contributed by atoms with van der Waals surface area (Å²) in [6, 6.07) is 13.9. The molecule has 1 N–H and O–H groups in total. The lowest BCUT2D eigenvalue weighted by atomic mass is 10.1. The van der Waals surface area contributed by atoms with Crippen molar-refractivity contribution in [2.45, 2.75) is 13.0 Å². The first kappa shape index (κ1) is 13.4. The van der Waals surface area contributed by atoms with Gasteiger partial charge in [0, 0.05) is 10.6 Å². The van der Waals surface area contributed by atoms with Gasteiger partial charge in [-0.05, 0) is 30.7 Å². The smallest absolute Gasteiger partial charge is 0.349 e. The molecule has 98 valence electrons. The Hall–Kier alpha value is -2.00. The maximum absolute atomic E-state index is 11.3. The maximum Gasteiger partial charge on any atom is 0.349 e. The van der Waals surface area contributed by atoms with Crippen LogP contribution in [0.25, 0.3) is 0 Å². The summed E-state index contributed by atoms with van der Waals surface area (Å²) in [4.78, 5) is 11.3. The lowest BCUT2D eigenvalue weighted by molar-refractivity contribution is -0.145. The van der Waals surface area contributed by atoms with E-state index < -0.39 is 12.1 Å². The standard InChI is InChI=1S/C15H13ClO3/c1-10-9-12(16)7-8-13(10)19-14(15(17)18)11-5-3-2-4-6-11/h2-9,14H,1H3,(H,17,18)/t14-/m1/s1. The van der Waals surface area contributed by atoms with Crippen LogP contribution < -0.4 is 4.74 Å². The second-order valence-corrected chi connectivity index (χ2v) is 4.59. The molecule has 2 rings (SSSR count). The SMILES string of the molecule is Cc1cc(Cl)ccc1O[C@@H](C(=O)O)c1ccccc1. The highest BCUT2D eigenvalue weighted by molar-refractivity contribution is 6.30. The lowest BCUT2D eigenvalue weighted by Gasteiger charge is -2.17. The Morgan fingerprint density at radius 1 is 1.21 bits per heavy atom. The first-order valence-corrected chi connectivity index (χ1v) is 6.16. The molecule has 3 nitrogen and oxygen atoms in total. The average molecular weight is 277 g/mol. The number of carbonyl (C=O) groups is 1. The van der Waals surface area contributed by atoms with Gasteiger partial charge in [0.15, 0.2) is 0 Å². The Kier molecular flexibility index (Phi) is 4.07. The summed E-state index contributed by atoms with van der Waals surface area (Å²) in [5, 5.41) is 9.88. The van der Waals surface area contributed by atoms with Crippen molar-refractivity contribution >= 4 is 17.6 Å². The molecule has 1 atom stereocenters. The zero-order valence-corrected chi connectivity index (χ0v) is 11.1. The van der Waals surface area contributed by atoms with E-state index in [2.05, 4.69) is 0 Å². The van der Waals surface area contributed by atoms with Gasteiger partial charge in [0.25, 0.3) is 0 Å². The quantitative estimate of drug-likeness (QED) is 0.922. The van der Waals surface area contributed by atoms with E-state index in [9.17, 15) is 9.90 Å². The minimum Gasteiger partial charge on any atom is -0.478 e. The van der Waals surface area contributed by atoms with E-state index in [1.807, 2.05) is 13.0 Å². The van der Waals surface area contributed by atoms with Gasteiger partial charge in [-0.1, -0.05) is 41.9 Å². The third-order valence-electron chi connectivity index (χ3n) is 2.71. The molecule has 4 heteroatoms. The first-order valence-electron chi connectivity index (χ1n) is 5.78. The van der Waals surface area contributed by atoms with Crippen LogP contribution in [-0.2, 0) is 4.79 Å². The number of carboxylic acid groups (broad SMARTS) is 1. The Bertz CT molecular complexity index is 581. The predicted octanol–water partition coefficient (Wildman–Crippen LogP) is 3.85. The summed E-state index contributed by atoms with van der Waals surface area (Å²) < 4.78 is 5.59. The topological polar surface area (TPSA) is 46.5 Å². The van der Waals surface area contributed by atoms with Crippen LogP contribution in [0.4, 0.5) is 0 Å². The highest BCUT2D eigenvalue weighted by Crippen LogP contribution is 2.27. The van der Waals surface area contributed by atoms with Crippen LogP contribution in [0.5, 0.6) is 5.75 Å². The fourth-order valence-corrected chi connectivity index (χ4v) is 1.99. The van der Waals surface area contributed by atoms with Gasteiger partial charge < -0.3 is 9.84 Å². The van der Waals surface area contributed by atoms with Gasteiger partial charge in [-0.15, -0.1) is 0 Å². The zero-order chi connectivity index (χ0) is 13.8. The molecular weight excluding hydrogens is 264 g/mol. The number of carboxylic acids is 1. The number of benzene rings is 2. The van der Waals surface area contributed by atoms with Crippen LogP contribution >= 0.6 is 11.6 Å². The van der Waals surface area contributed by atoms with Gasteiger partial charge in [-0.2, -0.15) is 0 Å². The predicted molar refractivity (Wildman–Crippen MR) is 73.6 cm³/mol. The molecule has 0 aliphatic rings. The molecule has 0 aromatic heterocycles. The van der Waals surface area contributed by atoms with Crippen molar-refractivity contribution < 1.29 is 14.6 Å².